The van der Waals surface area contributed by atoms with E-state index in [0.29, 0.717) is 37.1 Å². The molecule has 1 heterocycles. The van der Waals surface area contributed by atoms with Gasteiger partial charge in [0.25, 0.3) is 5.91 Å². The Morgan fingerprint density at radius 3 is 2.72 bits per heavy atom. The highest BCUT2D eigenvalue weighted by atomic mass is 19.1. The molecule has 0 spiro atoms. The molecule has 1 aromatic heterocycles. The zero-order chi connectivity index (χ0) is 20.5. The van der Waals surface area contributed by atoms with Crippen LogP contribution >= 0.6 is 0 Å². The van der Waals surface area contributed by atoms with Crippen molar-refractivity contribution in [3.63, 3.8) is 0 Å². The van der Waals surface area contributed by atoms with Crippen LogP contribution in [-0.4, -0.2) is 31.1 Å². The molecule has 0 atom stereocenters. The summed E-state index contributed by atoms with van der Waals surface area (Å²) in [5.74, 6) is 0.405. The number of anilines is 1. The fourth-order valence-corrected chi connectivity index (χ4v) is 2.95. The standard InChI is InChI=1S/C23H24FN3O2/c1-29-21-7-4-5-17(13-21)9-11-27-23(28)19-14-20(16-25-15-19)26-12-10-18-6-2-3-8-22(18)24/h2-8,13-16,26H,9-12H2,1H3,(H,27,28). The van der Waals surface area contributed by atoms with E-state index in [2.05, 4.69) is 15.6 Å². The summed E-state index contributed by atoms with van der Waals surface area (Å²) in [4.78, 5) is 16.5. The Balaban J connectivity index is 1.49. The fraction of sp³-hybridized carbons (Fsp3) is 0.217. The van der Waals surface area contributed by atoms with Crippen LogP contribution in [0.2, 0.25) is 0 Å². The summed E-state index contributed by atoms with van der Waals surface area (Å²) in [6.45, 7) is 1.06. The summed E-state index contributed by atoms with van der Waals surface area (Å²) in [7, 11) is 1.63. The number of ether oxygens (including phenoxy) is 1. The average Bonchev–Trinajstić information content (AvgIpc) is 2.75. The SMILES string of the molecule is COc1cccc(CCNC(=O)c2cncc(NCCc3ccccc3F)c2)c1. The Bertz CT molecular complexity index is 962. The number of pyridine rings is 1. The van der Waals surface area contributed by atoms with Gasteiger partial charge in [-0.05, 0) is 48.2 Å². The van der Waals surface area contributed by atoms with Gasteiger partial charge in [-0.2, -0.15) is 0 Å². The van der Waals surface area contributed by atoms with E-state index in [9.17, 15) is 9.18 Å². The molecular weight excluding hydrogens is 369 g/mol. The third-order valence-corrected chi connectivity index (χ3v) is 4.52. The van der Waals surface area contributed by atoms with Gasteiger partial charge in [0, 0.05) is 25.5 Å². The Hall–Kier alpha value is -3.41. The third-order valence-electron chi connectivity index (χ3n) is 4.52. The highest BCUT2D eigenvalue weighted by Gasteiger charge is 2.07. The van der Waals surface area contributed by atoms with Crippen LogP contribution in [0.5, 0.6) is 5.75 Å². The molecule has 0 aliphatic rings. The molecule has 0 saturated heterocycles. The molecule has 6 heteroatoms. The Morgan fingerprint density at radius 2 is 1.90 bits per heavy atom. The van der Waals surface area contributed by atoms with E-state index < -0.39 is 0 Å². The number of aromatic nitrogens is 1. The first kappa shape index (κ1) is 20.3. The van der Waals surface area contributed by atoms with E-state index in [1.165, 1.54) is 12.3 Å². The number of methoxy groups -OCH3 is 1. The van der Waals surface area contributed by atoms with Gasteiger partial charge in [0.1, 0.15) is 11.6 Å². The molecule has 1 amide bonds. The quantitative estimate of drug-likeness (QED) is 0.580. The first-order valence-electron chi connectivity index (χ1n) is 9.49. The van der Waals surface area contributed by atoms with Crippen molar-refractivity contribution in [2.24, 2.45) is 0 Å². The van der Waals surface area contributed by atoms with Crippen LogP contribution < -0.4 is 15.4 Å². The molecule has 0 aliphatic carbocycles. The molecule has 0 fully saturated rings. The van der Waals surface area contributed by atoms with Gasteiger partial charge in [0.15, 0.2) is 0 Å². The topological polar surface area (TPSA) is 63.2 Å². The van der Waals surface area contributed by atoms with E-state index in [-0.39, 0.29) is 11.7 Å². The van der Waals surface area contributed by atoms with Gasteiger partial charge in [-0.25, -0.2) is 4.39 Å². The maximum atomic E-state index is 13.7. The molecule has 150 valence electrons. The molecule has 0 unspecified atom stereocenters. The molecule has 0 aliphatic heterocycles. The Morgan fingerprint density at radius 1 is 1.03 bits per heavy atom. The van der Waals surface area contributed by atoms with Crippen LogP contribution in [0, 0.1) is 5.82 Å². The molecule has 5 nitrogen and oxygen atoms in total. The highest BCUT2D eigenvalue weighted by molar-refractivity contribution is 5.94. The lowest BCUT2D eigenvalue weighted by Crippen LogP contribution is -2.26. The van der Waals surface area contributed by atoms with E-state index in [1.807, 2.05) is 30.3 Å². The van der Waals surface area contributed by atoms with Crippen molar-refractivity contribution < 1.29 is 13.9 Å². The van der Waals surface area contributed by atoms with Crippen LogP contribution in [0.1, 0.15) is 21.5 Å². The minimum atomic E-state index is -0.211. The van der Waals surface area contributed by atoms with Crippen molar-refractivity contribution >= 4 is 11.6 Å². The molecule has 0 radical (unpaired) electrons. The van der Waals surface area contributed by atoms with Crippen LogP contribution in [0.25, 0.3) is 0 Å². The number of hydrogen-bond acceptors (Lipinski definition) is 4. The number of rotatable bonds is 9. The predicted molar refractivity (Wildman–Crippen MR) is 112 cm³/mol. The van der Waals surface area contributed by atoms with Crippen molar-refractivity contribution in [2.45, 2.75) is 12.8 Å². The van der Waals surface area contributed by atoms with Gasteiger partial charge >= 0.3 is 0 Å². The van der Waals surface area contributed by atoms with Crippen molar-refractivity contribution in [3.05, 3.63) is 89.5 Å². The van der Waals surface area contributed by atoms with Crippen LogP contribution in [-0.2, 0) is 12.8 Å². The number of nitrogens with one attached hydrogen (secondary N) is 2. The van der Waals surface area contributed by atoms with Crippen molar-refractivity contribution in [1.82, 2.24) is 10.3 Å². The second kappa shape index (κ2) is 10.2. The summed E-state index contributed by atoms with van der Waals surface area (Å²) in [6, 6.07) is 16.2. The Labute approximate surface area is 169 Å². The molecule has 3 rings (SSSR count). The minimum Gasteiger partial charge on any atom is -0.497 e. The summed E-state index contributed by atoms with van der Waals surface area (Å²) in [5.41, 5.74) is 2.94. The van der Waals surface area contributed by atoms with Gasteiger partial charge in [-0.15, -0.1) is 0 Å². The smallest absolute Gasteiger partial charge is 0.252 e. The summed E-state index contributed by atoms with van der Waals surface area (Å²) >= 11 is 0. The zero-order valence-electron chi connectivity index (χ0n) is 16.3. The minimum absolute atomic E-state index is 0.182. The first-order chi connectivity index (χ1) is 14.2. The molecule has 29 heavy (non-hydrogen) atoms. The largest absolute Gasteiger partial charge is 0.497 e. The predicted octanol–water partition coefficient (Wildman–Crippen LogP) is 3.86. The van der Waals surface area contributed by atoms with Crippen LogP contribution in [0.4, 0.5) is 10.1 Å². The monoisotopic (exact) mass is 393 g/mol. The Kier molecular flexibility index (Phi) is 7.16. The molecule has 3 aromatic rings. The molecular formula is C23H24FN3O2. The lowest BCUT2D eigenvalue weighted by atomic mass is 10.1. The van der Waals surface area contributed by atoms with Gasteiger partial charge in [-0.3, -0.25) is 9.78 Å². The van der Waals surface area contributed by atoms with Gasteiger partial charge in [-0.1, -0.05) is 30.3 Å². The van der Waals surface area contributed by atoms with Crippen LogP contribution in [0.15, 0.2) is 67.0 Å². The van der Waals surface area contributed by atoms with Crippen molar-refractivity contribution in [1.29, 1.82) is 0 Å². The highest BCUT2D eigenvalue weighted by Crippen LogP contribution is 2.13. The van der Waals surface area contributed by atoms with Crippen molar-refractivity contribution in [3.8, 4) is 5.75 Å². The number of amides is 1. The maximum Gasteiger partial charge on any atom is 0.252 e. The number of carbonyl (C=O) groups is 1. The number of nitrogens with zero attached hydrogens (tertiary/aromatic N) is 1. The number of hydrogen-bond donors (Lipinski definition) is 2. The number of carbonyl (C=O) groups excluding carboxylic acids is 1. The first-order valence-corrected chi connectivity index (χ1v) is 9.49. The van der Waals surface area contributed by atoms with Crippen LogP contribution in [0.3, 0.4) is 0 Å². The van der Waals surface area contributed by atoms with Gasteiger partial charge in [0.05, 0.1) is 18.4 Å². The molecule has 2 aromatic carbocycles. The van der Waals surface area contributed by atoms with E-state index in [4.69, 9.17) is 4.74 Å². The summed E-state index contributed by atoms with van der Waals surface area (Å²) < 4.78 is 18.9. The van der Waals surface area contributed by atoms with E-state index in [1.54, 1.807) is 31.5 Å². The lowest BCUT2D eigenvalue weighted by Gasteiger charge is -2.09. The summed E-state index contributed by atoms with van der Waals surface area (Å²) in [5, 5.41) is 6.09. The third kappa shape index (κ3) is 6.04. The normalized spacial score (nSPS) is 10.4. The molecule has 0 bridgehead atoms. The average molecular weight is 393 g/mol. The number of benzene rings is 2. The van der Waals surface area contributed by atoms with E-state index in [0.717, 1.165) is 17.0 Å². The summed E-state index contributed by atoms with van der Waals surface area (Å²) in [6.07, 6.45) is 4.43. The van der Waals surface area contributed by atoms with E-state index >= 15 is 0 Å². The van der Waals surface area contributed by atoms with Crippen molar-refractivity contribution in [2.75, 3.05) is 25.5 Å². The van der Waals surface area contributed by atoms with Gasteiger partial charge in [0.2, 0.25) is 0 Å². The zero-order valence-corrected chi connectivity index (χ0v) is 16.3. The molecule has 0 saturated carbocycles. The molecule has 2 N–H and O–H groups in total. The number of halogens is 1. The second-order valence-electron chi connectivity index (χ2n) is 6.59. The lowest BCUT2D eigenvalue weighted by molar-refractivity contribution is 0.0954. The van der Waals surface area contributed by atoms with Gasteiger partial charge < -0.3 is 15.4 Å². The maximum absolute atomic E-state index is 13.7. The fourth-order valence-electron chi connectivity index (χ4n) is 2.95. The second-order valence-corrected chi connectivity index (χ2v) is 6.59.